The Morgan fingerprint density at radius 1 is 1.33 bits per heavy atom. The summed E-state index contributed by atoms with van der Waals surface area (Å²) in [5.41, 5.74) is 8.18. The van der Waals surface area contributed by atoms with Crippen LogP contribution in [0.25, 0.3) is 0 Å². The van der Waals surface area contributed by atoms with Gasteiger partial charge in [0.1, 0.15) is 5.82 Å². The van der Waals surface area contributed by atoms with Crippen molar-refractivity contribution >= 4 is 0 Å². The number of aromatic nitrogens is 2. The highest BCUT2D eigenvalue weighted by Crippen LogP contribution is 2.16. The van der Waals surface area contributed by atoms with Gasteiger partial charge in [-0.2, -0.15) is 5.10 Å². The van der Waals surface area contributed by atoms with Crippen molar-refractivity contribution in [1.82, 2.24) is 9.78 Å². The van der Waals surface area contributed by atoms with Crippen LogP contribution < -0.4 is 5.73 Å². The number of hydrogen-bond acceptors (Lipinski definition) is 2. The molecule has 0 amide bonds. The lowest BCUT2D eigenvalue weighted by atomic mass is 10.0. The Morgan fingerprint density at radius 3 is 2.72 bits per heavy atom. The maximum atomic E-state index is 12.8. The Balaban J connectivity index is 2.02. The second kappa shape index (κ2) is 5.78. The highest BCUT2D eigenvalue weighted by molar-refractivity contribution is 5.20. The van der Waals surface area contributed by atoms with Gasteiger partial charge in [-0.15, -0.1) is 0 Å². The minimum absolute atomic E-state index is 0.0962. The molecule has 96 valence electrons. The Morgan fingerprint density at radius 2 is 2.06 bits per heavy atom. The van der Waals surface area contributed by atoms with E-state index in [2.05, 4.69) is 12.0 Å². The molecule has 3 nitrogen and oxygen atoms in total. The fraction of sp³-hybridized carbons (Fsp3) is 0.357. The van der Waals surface area contributed by atoms with Gasteiger partial charge in [0.05, 0.1) is 6.20 Å². The van der Waals surface area contributed by atoms with Crippen LogP contribution in [0.1, 0.15) is 30.5 Å². The van der Waals surface area contributed by atoms with Gasteiger partial charge in [-0.25, -0.2) is 4.39 Å². The van der Waals surface area contributed by atoms with Crippen LogP contribution >= 0.6 is 0 Å². The first kappa shape index (κ1) is 12.8. The summed E-state index contributed by atoms with van der Waals surface area (Å²) in [5.74, 6) is -0.219. The van der Waals surface area contributed by atoms with Gasteiger partial charge in [-0.05, 0) is 30.5 Å². The van der Waals surface area contributed by atoms with Crippen LogP contribution in [0.5, 0.6) is 0 Å². The van der Waals surface area contributed by atoms with Crippen molar-refractivity contribution in [1.29, 1.82) is 0 Å². The molecule has 0 radical (unpaired) electrons. The average Bonchev–Trinajstić information content (AvgIpc) is 2.81. The summed E-state index contributed by atoms with van der Waals surface area (Å²) in [7, 11) is 0. The summed E-state index contributed by atoms with van der Waals surface area (Å²) < 4.78 is 14.7. The van der Waals surface area contributed by atoms with Crippen LogP contribution in [-0.2, 0) is 13.0 Å². The topological polar surface area (TPSA) is 43.8 Å². The lowest BCUT2D eigenvalue weighted by molar-refractivity contribution is 0.600. The molecule has 18 heavy (non-hydrogen) atoms. The molecular formula is C14H18FN3. The molecule has 2 aromatic rings. The number of nitrogens with zero attached hydrogens (tertiary/aromatic N) is 2. The normalized spacial score (nSPS) is 12.6. The SMILES string of the molecule is CCCn1cc(C(N)Cc2ccc(F)cc2)cn1. The number of benzene rings is 1. The fourth-order valence-corrected chi connectivity index (χ4v) is 1.91. The molecule has 1 atom stereocenters. The molecule has 0 bridgehead atoms. The third-order valence-electron chi connectivity index (χ3n) is 2.90. The number of halogens is 1. The molecule has 0 saturated heterocycles. The van der Waals surface area contributed by atoms with E-state index < -0.39 is 0 Å². The average molecular weight is 247 g/mol. The number of aryl methyl sites for hydroxylation is 1. The summed E-state index contributed by atoms with van der Waals surface area (Å²) in [4.78, 5) is 0. The van der Waals surface area contributed by atoms with E-state index in [0.717, 1.165) is 24.1 Å². The van der Waals surface area contributed by atoms with Gasteiger partial charge < -0.3 is 5.73 Å². The van der Waals surface area contributed by atoms with E-state index in [4.69, 9.17) is 5.73 Å². The Kier molecular flexibility index (Phi) is 4.10. The summed E-state index contributed by atoms with van der Waals surface area (Å²) in [5, 5.41) is 4.26. The minimum Gasteiger partial charge on any atom is -0.324 e. The van der Waals surface area contributed by atoms with Crippen molar-refractivity contribution in [2.75, 3.05) is 0 Å². The van der Waals surface area contributed by atoms with Crippen LogP contribution in [-0.4, -0.2) is 9.78 Å². The largest absolute Gasteiger partial charge is 0.324 e. The molecule has 0 aliphatic rings. The zero-order valence-corrected chi connectivity index (χ0v) is 10.5. The van der Waals surface area contributed by atoms with Crippen molar-refractivity contribution < 1.29 is 4.39 Å². The van der Waals surface area contributed by atoms with Gasteiger partial charge in [0.25, 0.3) is 0 Å². The molecule has 2 N–H and O–H groups in total. The van der Waals surface area contributed by atoms with Crippen molar-refractivity contribution in [3.63, 3.8) is 0 Å². The van der Waals surface area contributed by atoms with Crippen LogP contribution in [0.2, 0.25) is 0 Å². The molecule has 4 heteroatoms. The molecule has 2 rings (SSSR count). The van der Waals surface area contributed by atoms with Crippen molar-refractivity contribution in [3.05, 3.63) is 53.6 Å². The maximum absolute atomic E-state index is 12.8. The second-order valence-electron chi connectivity index (χ2n) is 4.47. The second-order valence-corrected chi connectivity index (χ2v) is 4.47. The first-order valence-electron chi connectivity index (χ1n) is 6.21. The monoisotopic (exact) mass is 247 g/mol. The van der Waals surface area contributed by atoms with Gasteiger partial charge in [0.2, 0.25) is 0 Å². The quantitative estimate of drug-likeness (QED) is 0.882. The molecule has 1 unspecified atom stereocenters. The van der Waals surface area contributed by atoms with E-state index in [9.17, 15) is 4.39 Å². The molecular weight excluding hydrogens is 229 g/mol. The summed E-state index contributed by atoms with van der Waals surface area (Å²) >= 11 is 0. The lowest BCUT2D eigenvalue weighted by Gasteiger charge is -2.09. The zero-order valence-electron chi connectivity index (χ0n) is 10.5. The fourth-order valence-electron chi connectivity index (χ4n) is 1.91. The highest BCUT2D eigenvalue weighted by atomic mass is 19.1. The Hall–Kier alpha value is -1.68. The highest BCUT2D eigenvalue weighted by Gasteiger charge is 2.09. The molecule has 1 aromatic carbocycles. The molecule has 0 aliphatic carbocycles. The number of hydrogen-bond donors (Lipinski definition) is 1. The first-order valence-corrected chi connectivity index (χ1v) is 6.21. The van der Waals surface area contributed by atoms with E-state index in [0.29, 0.717) is 6.42 Å². The summed E-state index contributed by atoms with van der Waals surface area (Å²) in [6.07, 6.45) is 5.54. The van der Waals surface area contributed by atoms with E-state index >= 15 is 0 Å². The molecule has 0 saturated carbocycles. The summed E-state index contributed by atoms with van der Waals surface area (Å²) in [6.45, 7) is 3.02. The third-order valence-corrected chi connectivity index (χ3v) is 2.90. The number of rotatable bonds is 5. The predicted molar refractivity (Wildman–Crippen MR) is 69.6 cm³/mol. The van der Waals surface area contributed by atoms with E-state index in [1.54, 1.807) is 12.1 Å². The van der Waals surface area contributed by atoms with Crippen molar-refractivity contribution in [2.45, 2.75) is 32.4 Å². The number of nitrogens with two attached hydrogens (primary N) is 1. The molecule has 0 spiro atoms. The summed E-state index contributed by atoms with van der Waals surface area (Å²) in [6, 6.07) is 6.36. The van der Waals surface area contributed by atoms with Gasteiger partial charge in [-0.1, -0.05) is 19.1 Å². The maximum Gasteiger partial charge on any atom is 0.123 e. The molecule has 1 heterocycles. The van der Waals surface area contributed by atoms with Crippen LogP contribution in [0, 0.1) is 5.82 Å². The zero-order chi connectivity index (χ0) is 13.0. The standard InChI is InChI=1S/C14H18FN3/c1-2-7-18-10-12(9-17-18)14(16)8-11-3-5-13(15)6-4-11/h3-6,9-10,14H,2,7-8,16H2,1H3. The smallest absolute Gasteiger partial charge is 0.123 e. The van der Waals surface area contributed by atoms with E-state index in [-0.39, 0.29) is 11.9 Å². The van der Waals surface area contributed by atoms with Crippen molar-refractivity contribution in [3.8, 4) is 0 Å². The van der Waals surface area contributed by atoms with Gasteiger partial charge in [0.15, 0.2) is 0 Å². The molecule has 0 fully saturated rings. The Labute approximate surface area is 106 Å². The van der Waals surface area contributed by atoms with Crippen LogP contribution in [0.15, 0.2) is 36.7 Å². The van der Waals surface area contributed by atoms with Gasteiger partial charge in [-0.3, -0.25) is 4.68 Å². The van der Waals surface area contributed by atoms with E-state index in [1.807, 2.05) is 17.1 Å². The van der Waals surface area contributed by atoms with Gasteiger partial charge >= 0.3 is 0 Å². The first-order chi connectivity index (χ1) is 8.69. The lowest BCUT2D eigenvalue weighted by Crippen LogP contribution is -2.12. The minimum atomic E-state index is -0.219. The van der Waals surface area contributed by atoms with Gasteiger partial charge in [0, 0.05) is 24.3 Å². The molecule has 1 aromatic heterocycles. The third kappa shape index (κ3) is 3.17. The van der Waals surface area contributed by atoms with Crippen LogP contribution in [0.3, 0.4) is 0 Å². The Bertz CT molecular complexity index is 490. The predicted octanol–water partition coefficient (Wildman–Crippen LogP) is 2.67. The molecule has 0 aliphatic heterocycles. The van der Waals surface area contributed by atoms with E-state index in [1.165, 1.54) is 12.1 Å². The van der Waals surface area contributed by atoms with Crippen molar-refractivity contribution in [2.24, 2.45) is 5.73 Å². The van der Waals surface area contributed by atoms with Crippen LogP contribution in [0.4, 0.5) is 4.39 Å².